The molecule has 1 aliphatic heterocycles. The van der Waals surface area contributed by atoms with E-state index in [1.54, 1.807) is 7.11 Å². The van der Waals surface area contributed by atoms with E-state index in [9.17, 15) is 0 Å². The molecule has 0 saturated heterocycles. The summed E-state index contributed by atoms with van der Waals surface area (Å²) in [6.45, 7) is 10.3. The van der Waals surface area contributed by atoms with E-state index < -0.39 is 0 Å². The van der Waals surface area contributed by atoms with Crippen LogP contribution in [0.3, 0.4) is 0 Å². The Labute approximate surface area is 145 Å². The van der Waals surface area contributed by atoms with Crippen LogP contribution in [0.4, 0.5) is 0 Å². The number of ether oxygens (including phenoxy) is 2. The number of fused-ring (bicyclic) bond motifs is 1. The van der Waals surface area contributed by atoms with Gasteiger partial charge in [0.2, 0.25) is 0 Å². The molecule has 0 amide bonds. The number of aryl methyl sites for hydroxylation is 1. The van der Waals surface area contributed by atoms with Crippen molar-refractivity contribution in [2.45, 2.75) is 27.3 Å². The highest BCUT2D eigenvalue weighted by Crippen LogP contribution is 2.39. The van der Waals surface area contributed by atoms with E-state index in [1.807, 2.05) is 0 Å². The fourth-order valence-electron chi connectivity index (χ4n) is 3.41. The molecule has 0 atom stereocenters. The maximum Gasteiger partial charge on any atom is 0.165 e. The lowest BCUT2D eigenvalue weighted by molar-refractivity contribution is 0.205. The van der Waals surface area contributed by atoms with Gasteiger partial charge in [-0.3, -0.25) is 4.90 Å². The SMILES string of the molecule is COc1cc(-c2ccccc2C)cc2c1OCCN(CC(C)C)C2. The van der Waals surface area contributed by atoms with Crippen LogP contribution in [0.15, 0.2) is 36.4 Å². The second-order valence-electron chi connectivity index (χ2n) is 6.96. The van der Waals surface area contributed by atoms with Crippen molar-refractivity contribution >= 4 is 0 Å². The van der Waals surface area contributed by atoms with Crippen LogP contribution in [0.1, 0.15) is 25.0 Å². The molecule has 0 aliphatic carbocycles. The first-order chi connectivity index (χ1) is 11.6. The fourth-order valence-corrected chi connectivity index (χ4v) is 3.41. The zero-order valence-corrected chi connectivity index (χ0v) is 15.1. The molecule has 0 N–H and O–H groups in total. The molecule has 3 rings (SSSR count). The molecule has 2 aromatic carbocycles. The average Bonchev–Trinajstić information content (AvgIpc) is 2.75. The zero-order chi connectivity index (χ0) is 17.1. The van der Waals surface area contributed by atoms with Crippen molar-refractivity contribution in [2.75, 3.05) is 26.8 Å². The molecule has 0 unspecified atom stereocenters. The fraction of sp³-hybridized carbons (Fsp3) is 0.429. The minimum Gasteiger partial charge on any atom is -0.493 e. The van der Waals surface area contributed by atoms with Gasteiger partial charge >= 0.3 is 0 Å². The topological polar surface area (TPSA) is 21.7 Å². The van der Waals surface area contributed by atoms with Gasteiger partial charge in [0.25, 0.3) is 0 Å². The molecule has 2 aromatic rings. The number of rotatable bonds is 4. The predicted molar refractivity (Wildman–Crippen MR) is 98.8 cm³/mol. The minimum absolute atomic E-state index is 0.646. The van der Waals surface area contributed by atoms with Gasteiger partial charge in [-0.15, -0.1) is 0 Å². The van der Waals surface area contributed by atoms with Gasteiger partial charge in [-0.05, 0) is 41.7 Å². The van der Waals surface area contributed by atoms with Gasteiger partial charge in [0.15, 0.2) is 11.5 Å². The number of methoxy groups -OCH3 is 1. The van der Waals surface area contributed by atoms with Crippen LogP contribution in [0.25, 0.3) is 11.1 Å². The van der Waals surface area contributed by atoms with E-state index in [0.717, 1.165) is 31.1 Å². The van der Waals surface area contributed by atoms with Crippen LogP contribution >= 0.6 is 0 Å². The second kappa shape index (κ2) is 7.27. The molecule has 0 aromatic heterocycles. The first-order valence-corrected chi connectivity index (χ1v) is 8.70. The molecule has 0 bridgehead atoms. The first kappa shape index (κ1) is 16.8. The zero-order valence-electron chi connectivity index (χ0n) is 15.1. The van der Waals surface area contributed by atoms with Crippen LogP contribution in [0.5, 0.6) is 11.5 Å². The highest BCUT2D eigenvalue weighted by atomic mass is 16.5. The van der Waals surface area contributed by atoms with Crippen LogP contribution in [-0.2, 0) is 6.54 Å². The Bertz CT molecular complexity index is 709. The van der Waals surface area contributed by atoms with Gasteiger partial charge in [0.1, 0.15) is 6.61 Å². The monoisotopic (exact) mass is 325 g/mol. The molecule has 128 valence electrons. The maximum atomic E-state index is 6.04. The molecule has 0 radical (unpaired) electrons. The van der Waals surface area contributed by atoms with E-state index in [4.69, 9.17) is 9.47 Å². The number of nitrogens with zero attached hydrogens (tertiary/aromatic N) is 1. The largest absolute Gasteiger partial charge is 0.493 e. The summed E-state index contributed by atoms with van der Waals surface area (Å²) in [5, 5.41) is 0. The summed E-state index contributed by atoms with van der Waals surface area (Å²) < 4.78 is 11.7. The molecular formula is C21H27NO2. The van der Waals surface area contributed by atoms with E-state index in [-0.39, 0.29) is 0 Å². The molecule has 1 heterocycles. The average molecular weight is 325 g/mol. The van der Waals surface area contributed by atoms with Crippen molar-refractivity contribution in [3.63, 3.8) is 0 Å². The molecule has 24 heavy (non-hydrogen) atoms. The van der Waals surface area contributed by atoms with E-state index >= 15 is 0 Å². The Kier molecular flexibility index (Phi) is 5.10. The van der Waals surface area contributed by atoms with Gasteiger partial charge in [-0.2, -0.15) is 0 Å². The maximum absolute atomic E-state index is 6.04. The van der Waals surface area contributed by atoms with E-state index in [0.29, 0.717) is 12.5 Å². The van der Waals surface area contributed by atoms with Crippen LogP contribution in [0.2, 0.25) is 0 Å². The summed E-state index contributed by atoms with van der Waals surface area (Å²) in [7, 11) is 1.72. The van der Waals surface area contributed by atoms with Gasteiger partial charge in [0.05, 0.1) is 7.11 Å². The molecular weight excluding hydrogens is 298 g/mol. The van der Waals surface area contributed by atoms with Crippen molar-refractivity contribution in [3.05, 3.63) is 47.5 Å². The number of benzene rings is 2. The molecule has 0 saturated carbocycles. The molecule has 0 spiro atoms. The third-order valence-corrected chi connectivity index (χ3v) is 4.48. The quantitative estimate of drug-likeness (QED) is 0.825. The third-order valence-electron chi connectivity index (χ3n) is 4.48. The molecule has 3 nitrogen and oxygen atoms in total. The molecule has 1 aliphatic rings. The summed E-state index contributed by atoms with van der Waals surface area (Å²) in [4.78, 5) is 2.47. The Hall–Kier alpha value is -2.00. The Balaban J connectivity index is 2.03. The molecule has 3 heteroatoms. The summed E-state index contributed by atoms with van der Waals surface area (Å²) in [5.74, 6) is 2.38. The highest BCUT2D eigenvalue weighted by molar-refractivity contribution is 5.71. The van der Waals surface area contributed by atoms with Crippen molar-refractivity contribution in [3.8, 4) is 22.6 Å². The van der Waals surface area contributed by atoms with E-state index in [1.165, 1.54) is 22.3 Å². The lowest BCUT2D eigenvalue weighted by atomic mass is 9.97. The standard InChI is InChI=1S/C21H27NO2/c1-15(2)13-22-9-10-24-21-18(14-22)11-17(12-20(21)23-4)19-8-6-5-7-16(19)3/h5-8,11-12,15H,9-10,13-14H2,1-4H3. The number of hydrogen-bond acceptors (Lipinski definition) is 3. The summed E-state index contributed by atoms with van der Waals surface area (Å²) in [6.07, 6.45) is 0. The van der Waals surface area contributed by atoms with Crippen LogP contribution in [0, 0.1) is 12.8 Å². The lowest BCUT2D eigenvalue weighted by Crippen LogP contribution is -2.29. The van der Waals surface area contributed by atoms with Crippen LogP contribution in [-0.4, -0.2) is 31.7 Å². The Morgan fingerprint density at radius 2 is 2.00 bits per heavy atom. The Morgan fingerprint density at radius 3 is 2.71 bits per heavy atom. The Morgan fingerprint density at radius 1 is 1.21 bits per heavy atom. The minimum atomic E-state index is 0.646. The first-order valence-electron chi connectivity index (χ1n) is 8.70. The van der Waals surface area contributed by atoms with Crippen molar-refractivity contribution in [2.24, 2.45) is 5.92 Å². The summed E-state index contributed by atoms with van der Waals surface area (Å²) in [5.41, 5.74) is 4.93. The number of hydrogen-bond donors (Lipinski definition) is 0. The summed E-state index contributed by atoms with van der Waals surface area (Å²) in [6, 6.07) is 12.8. The predicted octanol–water partition coefficient (Wildman–Crippen LogP) is 4.52. The smallest absolute Gasteiger partial charge is 0.165 e. The molecule has 0 fully saturated rings. The van der Waals surface area contributed by atoms with Gasteiger partial charge in [0, 0.05) is 25.2 Å². The summed E-state index contributed by atoms with van der Waals surface area (Å²) >= 11 is 0. The van der Waals surface area contributed by atoms with Crippen molar-refractivity contribution in [1.82, 2.24) is 4.90 Å². The lowest BCUT2D eigenvalue weighted by Gasteiger charge is -2.21. The van der Waals surface area contributed by atoms with E-state index in [2.05, 4.69) is 62.1 Å². The van der Waals surface area contributed by atoms with Crippen molar-refractivity contribution in [1.29, 1.82) is 0 Å². The van der Waals surface area contributed by atoms with Gasteiger partial charge in [-0.25, -0.2) is 0 Å². The normalized spacial score (nSPS) is 14.9. The second-order valence-corrected chi connectivity index (χ2v) is 6.96. The van der Waals surface area contributed by atoms with Gasteiger partial charge in [-0.1, -0.05) is 38.1 Å². The highest BCUT2D eigenvalue weighted by Gasteiger charge is 2.21. The van der Waals surface area contributed by atoms with Crippen LogP contribution < -0.4 is 9.47 Å². The van der Waals surface area contributed by atoms with Crippen molar-refractivity contribution < 1.29 is 9.47 Å². The van der Waals surface area contributed by atoms with Gasteiger partial charge < -0.3 is 9.47 Å². The third kappa shape index (κ3) is 3.57.